The zero-order valence-corrected chi connectivity index (χ0v) is 15.7. The second kappa shape index (κ2) is 8.62. The highest BCUT2D eigenvalue weighted by atomic mass is 32.2. The topological polar surface area (TPSA) is 88.5 Å². The van der Waals surface area contributed by atoms with Crippen molar-refractivity contribution in [3.05, 3.63) is 34.2 Å². The number of rotatable bonds is 8. The maximum Gasteiger partial charge on any atom is 0.250 e. The summed E-state index contributed by atoms with van der Waals surface area (Å²) in [4.78, 5) is 25.6. The molecular formula is C17H27N3O4S. The average Bonchev–Trinajstić information content (AvgIpc) is 2.91. The third-order valence-corrected chi connectivity index (χ3v) is 6.42. The van der Waals surface area contributed by atoms with Crippen LogP contribution in [0.25, 0.3) is 0 Å². The smallest absolute Gasteiger partial charge is 0.250 e. The van der Waals surface area contributed by atoms with E-state index in [-0.39, 0.29) is 29.0 Å². The molecule has 0 spiro atoms. The van der Waals surface area contributed by atoms with E-state index in [4.69, 9.17) is 0 Å². The Morgan fingerprint density at radius 2 is 2.16 bits per heavy atom. The van der Waals surface area contributed by atoms with Crippen LogP contribution in [0, 0.1) is 6.92 Å². The van der Waals surface area contributed by atoms with E-state index in [2.05, 4.69) is 5.32 Å². The molecule has 1 aromatic heterocycles. The number of nitrogens with zero attached hydrogens (tertiary/aromatic N) is 2. The molecule has 140 valence electrons. The van der Waals surface area contributed by atoms with Crippen LogP contribution in [-0.4, -0.2) is 61.5 Å². The SMILES string of the molecule is Cc1cccc(=O)n1CCCNC(=O)CCN(C)[C@@H]1CCS(=O)(=O)C1. The Morgan fingerprint density at radius 3 is 2.80 bits per heavy atom. The number of carbonyl (C=O) groups is 1. The van der Waals surface area contributed by atoms with Crippen molar-refractivity contribution in [3.63, 3.8) is 0 Å². The molecule has 1 saturated heterocycles. The first-order valence-corrected chi connectivity index (χ1v) is 10.4. The Hall–Kier alpha value is -1.67. The summed E-state index contributed by atoms with van der Waals surface area (Å²) in [5.41, 5.74) is 0.881. The lowest BCUT2D eigenvalue weighted by molar-refractivity contribution is -0.121. The van der Waals surface area contributed by atoms with E-state index in [1.807, 2.05) is 24.9 Å². The molecule has 0 unspecified atom stereocenters. The molecule has 0 aromatic carbocycles. The van der Waals surface area contributed by atoms with Crippen LogP contribution in [0.2, 0.25) is 0 Å². The highest BCUT2D eigenvalue weighted by molar-refractivity contribution is 7.91. The summed E-state index contributed by atoms with van der Waals surface area (Å²) in [5.74, 6) is 0.382. The number of hydrogen-bond acceptors (Lipinski definition) is 5. The zero-order valence-electron chi connectivity index (χ0n) is 14.9. The number of carbonyl (C=O) groups excluding carboxylic acids is 1. The Morgan fingerprint density at radius 1 is 1.40 bits per heavy atom. The number of nitrogens with one attached hydrogen (secondary N) is 1. The minimum absolute atomic E-state index is 0.0192. The highest BCUT2D eigenvalue weighted by Crippen LogP contribution is 2.16. The second-order valence-electron chi connectivity index (χ2n) is 6.65. The van der Waals surface area contributed by atoms with Crippen LogP contribution in [0.3, 0.4) is 0 Å². The first-order valence-electron chi connectivity index (χ1n) is 8.62. The van der Waals surface area contributed by atoms with E-state index < -0.39 is 9.84 Å². The number of aromatic nitrogens is 1. The van der Waals surface area contributed by atoms with Crippen molar-refractivity contribution in [2.24, 2.45) is 0 Å². The summed E-state index contributed by atoms with van der Waals surface area (Å²) in [6, 6.07) is 5.18. The Balaban J connectivity index is 1.65. The second-order valence-corrected chi connectivity index (χ2v) is 8.88. The van der Waals surface area contributed by atoms with Gasteiger partial charge in [0.2, 0.25) is 5.91 Å². The fourth-order valence-corrected chi connectivity index (χ4v) is 4.85. The minimum atomic E-state index is -2.90. The van der Waals surface area contributed by atoms with Gasteiger partial charge in [-0.1, -0.05) is 6.07 Å². The van der Waals surface area contributed by atoms with Crippen LogP contribution in [0.4, 0.5) is 0 Å². The maximum absolute atomic E-state index is 11.9. The number of amides is 1. The maximum atomic E-state index is 11.9. The molecule has 1 atom stereocenters. The molecule has 7 nitrogen and oxygen atoms in total. The highest BCUT2D eigenvalue weighted by Gasteiger charge is 2.30. The van der Waals surface area contributed by atoms with Crippen LogP contribution in [-0.2, 0) is 21.2 Å². The van der Waals surface area contributed by atoms with Gasteiger partial charge in [0.25, 0.3) is 5.56 Å². The number of sulfone groups is 1. The van der Waals surface area contributed by atoms with Gasteiger partial charge in [0.1, 0.15) is 0 Å². The van der Waals surface area contributed by atoms with E-state index in [9.17, 15) is 18.0 Å². The Kier molecular flexibility index (Phi) is 6.78. The van der Waals surface area contributed by atoms with Crippen molar-refractivity contribution in [1.29, 1.82) is 0 Å². The van der Waals surface area contributed by atoms with Crippen LogP contribution in [0.5, 0.6) is 0 Å². The van der Waals surface area contributed by atoms with E-state index >= 15 is 0 Å². The number of pyridine rings is 1. The summed E-state index contributed by atoms with van der Waals surface area (Å²) in [5, 5.41) is 2.85. The normalized spacial score (nSPS) is 19.2. The van der Waals surface area contributed by atoms with Gasteiger partial charge < -0.3 is 14.8 Å². The van der Waals surface area contributed by atoms with Crippen LogP contribution >= 0.6 is 0 Å². The molecule has 1 aliphatic rings. The molecule has 1 amide bonds. The third-order valence-electron chi connectivity index (χ3n) is 4.67. The molecule has 1 fully saturated rings. The molecule has 0 bridgehead atoms. The fourth-order valence-electron chi connectivity index (χ4n) is 3.05. The van der Waals surface area contributed by atoms with E-state index in [1.165, 1.54) is 6.07 Å². The third kappa shape index (κ3) is 5.97. The largest absolute Gasteiger partial charge is 0.356 e. The molecule has 0 radical (unpaired) electrons. The molecule has 1 aromatic rings. The molecular weight excluding hydrogens is 342 g/mol. The lowest BCUT2D eigenvalue weighted by atomic mass is 10.2. The van der Waals surface area contributed by atoms with Crippen molar-refractivity contribution in [1.82, 2.24) is 14.8 Å². The van der Waals surface area contributed by atoms with Crippen molar-refractivity contribution in [3.8, 4) is 0 Å². The van der Waals surface area contributed by atoms with Gasteiger partial charge in [0.05, 0.1) is 11.5 Å². The van der Waals surface area contributed by atoms with Crippen LogP contribution in [0.1, 0.15) is 25.0 Å². The van der Waals surface area contributed by atoms with Crippen molar-refractivity contribution in [2.45, 2.75) is 38.8 Å². The van der Waals surface area contributed by atoms with Crippen molar-refractivity contribution >= 4 is 15.7 Å². The monoisotopic (exact) mass is 369 g/mol. The van der Waals surface area contributed by atoms with Gasteiger partial charge in [-0.2, -0.15) is 0 Å². The average molecular weight is 369 g/mol. The van der Waals surface area contributed by atoms with Gasteiger partial charge >= 0.3 is 0 Å². The van der Waals surface area contributed by atoms with E-state index in [1.54, 1.807) is 10.6 Å². The van der Waals surface area contributed by atoms with Crippen molar-refractivity contribution < 1.29 is 13.2 Å². The van der Waals surface area contributed by atoms with Gasteiger partial charge in [-0.15, -0.1) is 0 Å². The Labute approximate surface area is 148 Å². The first-order chi connectivity index (χ1) is 11.8. The minimum Gasteiger partial charge on any atom is -0.356 e. The summed E-state index contributed by atoms with van der Waals surface area (Å²) >= 11 is 0. The van der Waals surface area contributed by atoms with Crippen LogP contribution < -0.4 is 10.9 Å². The fraction of sp³-hybridized carbons (Fsp3) is 0.647. The van der Waals surface area contributed by atoms with Gasteiger partial charge in [0, 0.05) is 43.9 Å². The number of hydrogen-bond donors (Lipinski definition) is 1. The standard InChI is InChI=1S/C17H27N3O4S/c1-14-5-3-6-17(22)20(14)10-4-9-18-16(21)7-11-19(2)15-8-12-25(23,24)13-15/h3,5-6,15H,4,7-13H2,1-2H3,(H,18,21)/t15-/m1/s1. The molecule has 25 heavy (non-hydrogen) atoms. The number of aryl methyl sites for hydroxylation is 1. The molecule has 1 aliphatic heterocycles. The van der Waals surface area contributed by atoms with Gasteiger partial charge in [-0.25, -0.2) is 8.42 Å². The summed E-state index contributed by atoms with van der Waals surface area (Å²) in [6.07, 6.45) is 1.68. The lowest BCUT2D eigenvalue weighted by Gasteiger charge is -2.22. The van der Waals surface area contributed by atoms with Crippen LogP contribution in [0.15, 0.2) is 23.0 Å². The van der Waals surface area contributed by atoms with E-state index in [0.29, 0.717) is 38.9 Å². The Bertz CT molecular complexity index is 757. The van der Waals surface area contributed by atoms with E-state index in [0.717, 1.165) is 5.69 Å². The molecule has 0 saturated carbocycles. The summed E-state index contributed by atoms with van der Waals surface area (Å²) in [7, 11) is -1.04. The van der Waals surface area contributed by atoms with Gasteiger partial charge in [0.15, 0.2) is 9.84 Å². The first kappa shape index (κ1) is 19.7. The van der Waals surface area contributed by atoms with Gasteiger partial charge in [-0.3, -0.25) is 9.59 Å². The lowest BCUT2D eigenvalue weighted by Crippen LogP contribution is -2.36. The molecule has 1 N–H and O–H groups in total. The molecule has 0 aliphatic carbocycles. The molecule has 2 rings (SSSR count). The summed E-state index contributed by atoms with van der Waals surface area (Å²) < 4.78 is 24.7. The van der Waals surface area contributed by atoms with Crippen molar-refractivity contribution in [2.75, 3.05) is 31.6 Å². The quantitative estimate of drug-likeness (QED) is 0.660. The molecule has 2 heterocycles. The van der Waals surface area contributed by atoms with Gasteiger partial charge in [-0.05, 0) is 32.9 Å². The predicted octanol–water partition coefficient (Wildman–Crippen LogP) is 0.172. The molecule has 8 heteroatoms. The zero-order chi connectivity index (χ0) is 18.4. The summed E-state index contributed by atoms with van der Waals surface area (Å²) in [6.45, 7) is 3.52. The predicted molar refractivity (Wildman–Crippen MR) is 97.4 cm³/mol.